The highest BCUT2D eigenvalue weighted by atomic mass is 16.5. The quantitative estimate of drug-likeness (QED) is 0.893. The summed E-state index contributed by atoms with van der Waals surface area (Å²) in [5.41, 5.74) is 0.0984. The van der Waals surface area contributed by atoms with Crippen molar-refractivity contribution in [3.63, 3.8) is 0 Å². The standard InChI is InChI=1S/C21H25NO4/c1-14(2)21(20(24)25)9-10-22(13-21)19(23)11-16-6-4-5-15-7-8-17(26-3)12-18(15)16/h4-8,12,14H,9-11,13H2,1-3H3,(H,24,25). The molecule has 2 aromatic carbocycles. The van der Waals surface area contributed by atoms with Crippen LogP contribution in [0.1, 0.15) is 25.8 Å². The summed E-state index contributed by atoms with van der Waals surface area (Å²) >= 11 is 0. The number of ether oxygens (including phenoxy) is 1. The van der Waals surface area contributed by atoms with E-state index in [2.05, 4.69) is 0 Å². The van der Waals surface area contributed by atoms with Gasteiger partial charge in [-0.15, -0.1) is 0 Å². The zero-order chi connectivity index (χ0) is 18.9. The first-order chi connectivity index (χ1) is 12.4. The van der Waals surface area contributed by atoms with Crippen molar-refractivity contribution in [3.8, 4) is 5.75 Å². The summed E-state index contributed by atoms with van der Waals surface area (Å²) in [6, 6.07) is 11.7. The number of hydrogen-bond acceptors (Lipinski definition) is 3. The van der Waals surface area contributed by atoms with Crippen LogP contribution in [-0.2, 0) is 16.0 Å². The number of hydrogen-bond donors (Lipinski definition) is 1. The number of benzene rings is 2. The smallest absolute Gasteiger partial charge is 0.311 e. The molecule has 0 spiro atoms. The molecule has 1 unspecified atom stereocenters. The number of amides is 1. The fourth-order valence-electron chi connectivity index (χ4n) is 3.81. The van der Waals surface area contributed by atoms with Gasteiger partial charge in [-0.25, -0.2) is 0 Å². The first-order valence-electron chi connectivity index (χ1n) is 8.94. The topological polar surface area (TPSA) is 66.8 Å². The van der Waals surface area contributed by atoms with Gasteiger partial charge < -0.3 is 14.7 Å². The van der Waals surface area contributed by atoms with Crippen LogP contribution < -0.4 is 4.74 Å². The van der Waals surface area contributed by atoms with E-state index in [0.717, 1.165) is 22.1 Å². The van der Waals surface area contributed by atoms with Crippen molar-refractivity contribution in [1.82, 2.24) is 4.90 Å². The number of fused-ring (bicyclic) bond motifs is 1. The van der Waals surface area contributed by atoms with E-state index in [0.29, 0.717) is 13.0 Å². The fourth-order valence-corrected chi connectivity index (χ4v) is 3.81. The second-order valence-corrected chi connectivity index (χ2v) is 7.36. The van der Waals surface area contributed by atoms with Gasteiger partial charge in [-0.3, -0.25) is 9.59 Å². The van der Waals surface area contributed by atoms with Crippen LogP contribution in [0.2, 0.25) is 0 Å². The van der Waals surface area contributed by atoms with Crippen LogP contribution in [0, 0.1) is 11.3 Å². The van der Waals surface area contributed by atoms with Gasteiger partial charge in [0.15, 0.2) is 0 Å². The second-order valence-electron chi connectivity index (χ2n) is 7.36. The van der Waals surface area contributed by atoms with Gasteiger partial charge in [0, 0.05) is 13.1 Å². The third kappa shape index (κ3) is 3.14. The van der Waals surface area contributed by atoms with Crippen molar-refractivity contribution in [2.75, 3.05) is 20.2 Å². The van der Waals surface area contributed by atoms with Gasteiger partial charge in [0.1, 0.15) is 5.75 Å². The SMILES string of the molecule is COc1ccc2cccc(CC(=O)N3CCC(C(=O)O)(C(C)C)C3)c2c1. The predicted octanol–water partition coefficient (Wildman–Crippen LogP) is 3.35. The molecule has 0 aromatic heterocycles. The molecule has 0 saturated carbocycles. The van der Waals surface area contributed by atoms with E-state index in [1.54, 1.807) is 12.0 Å². The number of rotatable bonds is 5. The lowest BCUT2D eigenvalue weighted by atomic mass is 9.76. The molecule has 1 atom stereocenters. The molecular weight excluding hydrogens is 330 g/mol. The predicted molar refractivity (Wildman–Crippen MR) is 100 cm³/mol. The van der Waals surface area contributed by atoms with Gasteiger partial charge in [0.05, 0.1) is 18.9 Å². The van der Waals surface area contributed by atoms with Gasteiger partial charge in [-0.05, 0) is 40.8 Å². The molecule has 0 aliphatic carbocycles. The lowest BCUT2D eigenvalue weighted by Crippen LogP contribution is -2.41. The number of carboxylic acid groups (broad SMARTS) is 1. The maximum atomic E-state index is 12.8. The number of carbonyl (C=O) groups excluding carboxylic acids is 1. The molecule has 26 heavy (non-hydrogen) atoms. The van der Waals surface area contributed by atoms with Gasteiger partial charge in [-0.1, -0.05) is 38.1 Å². The highest BCUT2D eigenvalue weighted by Crippen LogP contribution is 2.38. The van der Waals surface area contributed by atoms with E-state index in [-0.39, 0.29) is 24.8 Å². The highest BCUT2D eigenvalue weighted by molar-refractivity contribution is 5.91. The summed E-state index contributed by atoms with van der Waals surface area (Å²) in [4.78, 5) is 26.3. The number of aliphatic carboxylic acids is 1. The van der Waals surface area contributed by atoms with Crippen LogP contribution in [0.3, 0.4) is 0 Å². The summed E-state index contributed by atoms with van der Waals surface area (Å²) in [5.74, 6) is -0.0929. The van der Waals surface area contributed by atoms with Crippen LogP contribution in [0.5, 0.6) is 5.75 Å². The van der Waals surface area contributed by atoms with Gasteiger partial charge in [-0.2, -0.15) is 0 Å². The van der Waals surface area contributed by atoms with E-state index in [1.165, 1.54) is 0 Å². The largest absolute Gasteiger partial charge is 0.497 e. The minimum Gasteiger partial charge on any atom is -0.497 e. The first-order valence-corrected chi connectivity index (χ1v) is 8.94. The Balaban J connectivity index is 1.83. The van der Waals surface area contributed by atoms with Crippen molar-refractivity contribution < 1.29 is 19.4 Å². The molecule has 1 aliphatic heterocycles. The van der Waals surface area contributed by atoms with Crippen molar-refractivity contribution in [1.29, 1.82) is 0 Å². The molecule has 0 bridgehead atoms. The number of methoxy groups -OCH3 is 1. The minimum atomic E-state index is -0.836. The Hall–Kier alpha value is -2.56. The number of carbonyl (C=O) groups is 2. The summed E-state index contributed by atoms with van der Waals surface area (Å²) in [7, 11) is 1.62. The summed E-state index contributed by atoms with van der Waals surface area (Å²) < 4.78 is 5.30. The van der Waals surface area contributed by atoms with Crippen LogP contribution in [0.15, 0.2) is 36.4 Å². The van der Waals surface area contributed by atoms with Crippen molar-refractivity contribution in [2.24, 2.45) is 11.3 Å². The summed E-state index contributed by atoms with van der Waals surface area (Å²) in [6.45, 7) is 4.61. The molecule has 1 amide bonds. The normalized spacial score (nSPS) is 19.9. The van der Waals surface area contributed by atoms with E-state index in [4.69, 9.17) is 4.74 Å². The molecule has 5 nitrogen and oxygen atoms in total. The van der Waals surface area contributed by atoms with Gasteiger partial charge in [0.2, 0.25) is 5.91 Å². The molecule has 1 saturated heterocycles. The monoisotopic (exact) mass is 355 g/mol. The van der Waals surface area contributed by atoms with Crippen LogP contribution >= 0.6 is 0 Å². The Morgan fingerprint density at radius 3 is 2.65 bits per heavy atom. The Morgan fingerprint density at radius 2 is 2.04 bits per heavy atom. The molecule has 3 rings (SSSR count). The molecule has 1 fully saturated rings. The summed E-state index contributed by atoms with van der Waals surface area (Å²) in [6.07, 6.45) is 0.771. The molecule has 0 radical (unpaired) electrons. The van der Waals surface area contributed by atoms with Crippen molar-refractivity contribution in [3.05, 3.63) is 42.0 Å². The van der Waals surface area contributed by atoms with E-state index in [1.807, 2.05) is 50.2 Å². The van der Waals surface area contributed by atoms with E-state index >= 15 is 0 Å². The van der Waals surface area contributed by atoms with Crippen molar-refractivity contribution >= 4 is 22.6 Å². The molecule has 1 heterocycles. The second kappa shape index (κ2) is 6.98. The fraction of sp³-hybridized carbons (Fsp3) is 0.429. The average Bonchev–Trinajstić information content (AvgIpc) is 3.09. The Bertz CT molecular complexity index is 845. The Kier molecular flexibility index (Phi) is 4.90. The van der Waals surface area contributed by atoms with Crippen LogP contribution in [-0.4, -0.2) is 42.1 Å². The van der Waals surface area contributed by atoms with Crippen LogP contribution in [0.4, 0.5) is 0 Å². The Labute approximate surface area is 153 Å². The zero-order valence-corrected chi connectivity index (χ0v) is 15.5. The highest BCUT2D eigenvalue weighted by Gasteiger charge is 2.48. The molecular formula is C21H25NO4. The Morgan fingerprint density at radius 1 is 1.27 bits per heavy atom. The van der Waals surface area contributed by atoms with Gasteiger partial charge in [0.25, 0.3) is 0 Å². The molecule has 2 aromatic rings. The zero-order valence-electron chi connectivity index (χ0n) is 15.5. The lowest BCUT2D eigenvalue weighted by molar-refractivity contribution is -0.151. The number of nitrogens with zero attached hydrogens (tertiary/aromatic N) is 1. The number of carboxylic acids is 1. The minimum absolute atomic E-state index is 0.0142. The van der Waals surface area contributed by atoms with E-state index < -0.39 is 11.4 Å². The summed E-state index contributed by atoms with van der Waals surface area (Å²) in [5, 5.41) is 11.7. The number of likely N-dealkylation sites (tertiary alicyclic amines) is 1. The molecule has 1 N–H and O–H groups in total. The maximum absolute atomic E-state index is 12.8. The van der Waals surface area contributed by atoms with E-state index in [9.17, 15) is 14.7 Å². The van der Waals surface area contributed by atoms with Crippen molar-refractivity contribution in [2.45, 2.75) is 26.7 Å². The lowest BCUT2D eigenvalue weighted by Gasteiger charge is -2.28. The van der Waals surface area contributed by atoms with Crippen LogP contribution in [0.25, 0.3) is 10.8 Å². The third-order valence-electron chi connectivity index (χ3n) is 5.71. The maximum Gasteiger partial charge on any atom is 0.311 e. The van der Waals surface area contributed by atoms with Gasteiger partial charge >= 0.3 is 5.97 Å². The average molecular weight is 355 g/mol. The third-order valence-corrected chi connectivity index (χ3v) is 5.71. The first kappa shape index (κ1) is 18.2. The molecule has 5 heteroatoms. The molecule has 1 aliphatic rings. The molecule has 138 valence electrons.